The third kappa shape index (κ3) is 4.77. The number of nitrogens with zero attached hydrogens (tertiary/aromatic N) is 2. The molecule has 8 heteroatoms. The van der Waals surface area contributed by atoms with Gasteiger partial charge in [0.25, 0.3) is 5.91 Å². The molecular weight excluding hydrogens is 390 g/mol. The number of hydrogen-bond acceptors (Lipinski definition) is 6. The number of rotatable bonds is 8. The summed E-state index contributed by atoms with van der Waals surface area (Å²) in [6, 6.07) is 9.26. The van der Waals surface area contributed by atoms with Crippen LogP contribution in [0.2, 0.25) is 0 Å². The molecule has 0 spiro atoms. The number of carbonyl (C=O) groups is 1. The Morgan fingerprint density at radius 1 is 1.31 bits per heavy atom. The first kappa shape index (κ1) is 19.9. The Balaban J connectivity index is 1.53. The summed E-state index contributed by atoms with van der Waals surface area (Å²) in [6.07, 6.45) is 2.41. The zero-order valence-corrected chi connectivity index (χ0v) is 17.4. The van der Waals surface area contributed by atoms with Gasteiger partial charge in [0.15, 0.2) is 10.9 Å². The molecule has 1 saturated heterocycles. The number of nitrogens with one attached hydrogen (secondary N) is 1. The fourth-order valence-corrected chi connectivity index (χ4v) is 4.50. The third-order valence-electron chi connectivity index (χ3n) is 4.98. The van der Waals surface area contributed by atoms with Crippen molar-refractivity contribution in [3.63, 3.8) is 0 Å². The molecule has 1 aliphatic rings. The molecule has 0 atom stereocenters. The number of morpholine rings is 1. The maximum absolute atomic E-state index is 13.1. The predicted octanol–water partition coefficient (Wildman–Crippen LogP) is 2.24. The molecule has 0 saturated carbocycles. The Kier molecular flexibility index (Phi) is 6.43. The van der Waals surface area contributed by atoms with Crippen LogP contribution in [0.15, 0.2) is 41.0 Å². The van der Waals surface area contributed by atoms with Crippen LogP contribution >= 0.6 is 11.3 Å². The molecule has 1 aliphatic heterocycles. The highest BCUT2D eigenvalue weighted by atomic mass is 32.1. The Morgan fingerprint density at radius 2 is 2.17 bits per heavy atom. The van der Waals surface area contributed by atoms with E-state index in [1.54, 1.807) is 17.0 Å². The standard InChI is InChI=1S/C21H25N3O4S/c1-2-27-16-6-7-17-19(15-16)29-21(22-17)24(20(25)18-5-3-12-28-18)9-4-8-23-10-13-26-14-11-23/h3,5-7,12,15H,2,4,8-11,13-14H2,1H3/p+1. The third-order valence-corrected chi connectivity index (χ3v) is 6.02. The number of ether oxygens (including phenoxy) is 2. The average Bonchev–Trinajstić information content (AvgIpc) is 3.41. The molecule has 1 amide bonds. The van der Waals surface area contributed by atoms with Crippen LogP contribution in [0.25, 0.3) is 10.2 Å². The largest absolute Gasteiger partial charge is 0.494 e. The van der Waals surface area contributed by atoms with Crippen molar-refractivity contribution in [3.05, 3.63) is 42.4 Å². The topological polar surface area (TPSA) is 69.2 Å². The molecule has 3 heterocycles. The molecule has 0 radical (unpaired) electrons. The van der Waals surface area contributed by atoms with E-state index >= 15 is 0 Å². The summed E-state index contributed by atoms with van der Waals surface area (Å²) in [5.41, 5.74) is 0.865. The van der Waals surface area contributed by atoms with Gasteiger partial charge in [-0.25, -0.2) is 4.98 Å². The van der Waals surface area contributed by atoms with Gasteiger partial charge in [-0.15, -0.1) is 0 Å². The van der Waals surface area contributed by atoms with Gasteiger partial charge in [-0.3, -0.25) is 9.69 Å². The Bertz CT molecular complexity index is 935. The summed E-state index contributed by atoms with van der Waals surface area (Å²) in [4.78, 5) is 21.1. The second-order valence-electron chi connectivity index (χ2n) is 6.96. The van der Waals surface area contributed by atoms with Crippen molar-refractivity contribution in [3.8, 4) is 5.75 Å². The van der Waals surface area contributed by atoms with E-state index in [2.05, 4.69) is 0 Å². The van der Waals surface area contributed by atoms with Gasteiger partial charge in [0, 0.05) is 13.0 Å². The van der Waals surface area contributed by atoms with Crippen LogP contribution in [0.1, 0.15) is 23.9 Å². The summed E-state index contributed by atoms with van der Waals surface area (Å²) < 4.78 is 17.4. The minimum Gasteiger partial charge on any atom is -0.494 e. The second kappa shape index (κ2) is 9.39. The van der Waals surface area contributed by atoms with E-state index in [0.717, 1.165) is 55.2 Å². The fourth-order valence-electron chi connectivity index (χ4n) is 3.48. The Labute approximate surface area is 173 Å². The predicted molar refractivity (Wildman–Crippen MR) is 112 cm³/mol. The van der Waals surface area contributed by atoms with Gasteiger partial charge in [0.05, 0.1) is 42.8 Å². The maximum Gasteiger partial charge on any atom is 0.295 e. The van der Waals surface area contributed by atoms with E-state index in [0.29, 0.717) is 24.0 Å². The van der Waals surface area contributed by atoms with Crippen molar-refractivity contribution in [1.82, 2.24) is 4.98 Å². The number of quaternary nitrogens is 1. The molecule has 29 heavy (non-hydrogen) atoms. The number of hydrogen-bond donors (Lipinski definition) is 1. The van der Waals surface area contributed by atoms with Crippen molar-refractivity contribution < 1.29 is 23.6 Å². The van der Waals surface area contributed by atoms with E-state index in [4.69, 9.17) is 18.9 Å². The van der Waals surface area contributed by atoms with Crippen molar-refractivity contribution in [2.45, 2.75) is 13.3 Å². The van der Waals surface area contributed by atoms with Gasteiger partial charge in [-0.1, -0.05) is 11.3 Å². The van der Waals surface area contributed by atoms with Gasteiger partial charge in [-0.05, 0) is 37.3 Å². The van der Waals surface area contributed by atoms with E-state index < -0.39 is 0 Å². The molecule has 3 aromatic rings. The monoisotopic (exact) mass is 416 g/mol. The van der Waals surface area contributed by atoms with Crippen LogP contribution in [0.5, 0.6) is 5.75 Å². The van der Waals surface area contributed by atoms with E-state index in [1.165, 1.54) is 22.5 Å². The number of benzene rings is 1. The lowest BCUT2D eigenvalue weighted by atomic mass is 10.3. The van der Waals surface area contributed by atoms with Crippen LogP contribution in [-0.4, -0.2) is 56.9 Å². The molecule has 154 valence electrons. The molecule has 0 aliphatic carbocycles. The van der Waals surface area contributed by atoms with Gasteiger partial charge in [0.1, 0.15) is 18.8 Å². The maximum atomic E-state index is 13.1. The molecular formula is C21H26N3O4S+. The Morgan fingerprint density at radius 3 is 2.93 bits per heavy atom. The SMILES string of the molecule is CCOc1ccc2nc(N(CCC[NH+]3CCOCC3)C(=O)c3ccco3)sc2c1. The summed E-state index contributed by atoms with van der Waals surface area (Å²) in [7, 11) is 0. The van der Waals surface area contributed by atoms with Crippen LogP contribution < -0.4 is 14.5 Å². The van der Waals surface area contributed by atoms with Gasteiger partial charge >= 0.3 is 0 Å². The lowest BCUT2D eigenvalue weighted by molar-refractivity contribution is -0.908. The molecule has 1 aromatic carbocycles. The molecule has 1 N–H and O–H groups in total. The normalized spacial score (nSPS) is 14.9. The molecule has 1 fully saturated rings. The molecule has 0 bridgehead atoms. The first-order valence-electron chi connectivity index (χ1n) is 10.0. The highest BCUT2D eigenvalue weighted by molar-refractivity contribution is 7.22. The number of thiazole rings is 1. The average molecular weight is 417 g/mol. The molecule has 7 nitrogen and oxygen atoms in total. The van der Waals surface area contributed by atoms with Crippen LogP contribution in [-0.2, 0) is 4.74 Å². The van der Waals surface area contributed by atoms with Gasteiger partial charge in [-0.2, -0.15) is 0 Å². The number of carbonyl (C=O) groups excluding carboxylic acids is 1. The summed E-state index contributed by atoms with van der Waals surface area (Å²) in [5.74, 6) is 0.990. The number of anilines is 1. The van der Waals surface area contributed by atoms with Crippen molar-refractivity contribution in [2.75, 3.05) is 50.9 Å². The molecule has 0 unspecified atom stereocenters. The van der Waals surface area contributed by atoms with E-state index in [9.17, 15) is 4.79 Å². The number of fused-ring (bicyclic) bond motifs is 1. The lowest BCUT2D eigenvalue weighted by Crippen LogP contribution is -3.14. The van der Waals surface area contributed by atoms with Crippen molar-refractivity contribution >= 4 is 32.6 Å². The van der Waals surface area contributed by atoms with Crippen LogP contribution in [0, 0.1) is 0 Å². The molecule has 4 rings (SSSR count). The first-order chi connectivity index (χ1) is 14.2. The number of amides is 1. The fraction of sp³-hybridized carbons (Fsp3) is 0.429. The minimum atomic E-state index is -0.156. The van der Waals surface area contributed by atoms with Crippen LogP contribution in [0.4, 0.5) is 5.13 Å². The first-order valence-corrected chi connectivity index (χ1v) is 10.9. The highest BCUT2D eigenvalue weighted by Gasteiger charge is 2.24. The lowest BCUT2D eigenvalue weighted by Gasteiger charge is -2.25. The van der Waals surface area contributed by atoms with Crippen molar-refractivity contribution in [1.29, 1.82) is 0 Å². The van der Waals surface area contributed by atoms with Gasteiger partial charge < -0.3 is 18.8 Å². The highest BCUT2D eigenvalue weighted by Crippen LogP contribution is 2.32. The minimum absolute atomic E-state index is 0.156. The van der Waals surface area contributed by atoms with E-state index in [-0.39, 0.29) is 5.91 Å². The van der Waals surface area contributed by atoms with E-state index in [1.807, 2.05) is 25.1 Å². The number of furan rings is 1. The second-order valence-corrected chi connectivity index (χ2v) is 7.97. The smallest absolute Gasteiger partial charge is 0.295 e. The summed E-state index contributed by atoms with van der Waals surface area (Å²) in [5, 5.41) is 0.687. The quantitative estimate of drug-likeness (QED) is 0.610. The van der Waals surface area contributed by atoms with Crippen molar-refractivity contribution in [2.24, 2.45) is 0 Å². The zero-order chi connectivity index (χ0) is 20.1. The van der Waals surface area contributed by atoms with Gasteiger partial charge in [0.2, 0.25) is 0 Å². The number of aromatic nitrogens is 1. The Hall–Kier alpha value is -2.42. The summed E-state index contributed by atoms with van der Waals surface area (Å²) >= 11 is 1.50. The summed E-state index contributed by atoms with van der Waals surface area (Å²) in [6.45, 7) is 7.84. The molecule has 2 aromatic heterocycles. The van der Waals surface area contributed by atoms with Crippen LogP contribution in [0.3, 0.4) is 0 Å². The zero-order valence-electron chi connectivity index (χ0n) is 16.6.